The van der Waals surface area contributed by atoms with E-state index in [0.29, 0.717) is 0 Å². The second-order valence-corrected chi connectivity index (χ2v) is 6.96. The van der Waals surface area contributed by atoms with E-state index in [2.05, 4.69) is 24.1 Å². The first-order chi connectivity index (χ1) is 8.79. The molecule has 1 aliphatic heterocycles. The maximum absolute atomic E-state index is 3.79. The largest absolute Gasteiger partial charge is 0.312 e. The fraction of sp³-hybridized carbons (Fsp3) is 1.00. The SMILES string of the molecule is CCC(C)C1CN(C(C2CC2)C2CC2)CCCN1. The van der Waals surface area contributed by atoms with Crippen molar-refractivity contribution < 1.29 is 0 Å². The molecular formula is C16H30N2. The van der Waals surface area contributed by atoms with Crippen LogP contribution in [0, 0.1) is 17.8 Å². The van der Waals surface area contributed by atoms with Gasteiger partial charge in [-0.2, -0.15) is 0 Å². The molecule has 0 aromatic rings. The van der Waals surface area contributed by atoms with Crippen molar-refractivity contribution in [3.8, 4) is 0 Å². The smallest absolute Gasteiger partial charge is 0.0220 e. The van der Waals surface area contributed by atoms with E-state index in [-0.39, 0.29) is 0 Å². The van der Waals surface area contributed by atoms with E-state index in [0.717, 1.165) is 29.8 Å². The van der Waals surface area contributed by atoms with Gasteiger partial charge in [0.25, 0.3) is 0 Å². The van der Waals surface area contributed by atoms with Crippen LogP contribution in [0.5, 0.6) is 0 Å². The molecule has 18 heavy (non-hydrogen) atoms. The van der Waals surface area contributed by atoms with Gasteiger partial charge in [-0.15, -0.1) is 0 Å². The van der Waals surface area contributed by atoms with Gasteiger partial charge >= 0.3 is 0 Å². The molecule has 0 bridgehead atoms. The molecular weight excluding hydrogens is 220 g/mol. The van der Waals surface area contributed by atoms with E-state index >= 15 is 0 Å². The predicted molar refractivity (Wildman–Crippen MR) is 76.7 cm³/mol. The summed E-state index contributed by atoms with van der Waals surface area (Å²) in [7, 11) is 0. The molecule has 2 atom stereocenters. The molecule has 2 unspecified atom stereocenters. The van der Waals surface area contributed by atoms with Crippen LogP contribution in [0.2, 0.25) is 0 Å². The lowest BCUT2D eigenvalue weighted by molar-refractivity contribution is 0.142. The van der Waals surface area contributed by atoms with Crippen LogP contribution in [0.15, 0.2) is 0 Å². The summed E-state index contributed by atoms with van der Waals surface area (Å²) in [6, 6.07) is 1.69. The molecule has 3 fully saturated rings. The maximum atomic E-state index is 3.79. The lowest BCUT2D eigenvalue weighted by Crippen LogP contribution is -2.47. The van der Waals surface area contributed by atoms with Crippen molar-refractivity contribution in [3.63, 3.8) is 0 Å². The minimum absolute atomic E-state index is 0.734. The van der Waals surface area contributed by atoms with Crippen LogP contribution in [0.1, 0.15) is 52.4 Å². The predicted octanol–water partition coefficient (Wildman–Crippen LogP) is 2.89. The van der Waals surface area contributed by atoms with Gasteiger partial charge in [-0.05, 0) is 62.9 Å². The molecule has 3 aliphatic rings. The van der Waals surface area contributed by atoms with Gasteiger partial charge < -0.3 is 5.32 Å². The van der Waals surface area contributed by atoms with E-state index in [1.165, 1.54) is 58.2 Å². The molecule has 104 valence electrons. The van der Waals surface area contributed by atoms with E-state index in [1.807, 2.05) is 0 Å². The van der Waals surface area contributed by atoms with Crippen molar-refractivity contribution in [1.29, 1.82) is 0 Å². The highest BCUT2D eigenvalue weighted by molar-refractivity contribution is 4.99. The average Bonchev–Trinajstić information content (AvgIpc) is 3.23. The highest BCUT2D eigenvalue weighted by Crippen LogP contribution is 2.47. The quantitative estimate of drug-likeness (QED) is 0.807. The Morgan fingerprint density at radius 3 is 2.39 bits per heavy atom. The van der Waals surface area contributed by atoms with Crippen molar-refractivity contribution in [2.75, 3.05) is 19.6 Å². The van der Waals surface area contributed by atoms with Crippen molar-refractivity contribution in [2.24, 2.45) is 17.8 Å². The van der Waals surface area contributed by atoms with Gasteiger partial charge in [0.1, 0.15) is 0 Å². The van der Waals surface area contributed by atoms with Crippen LogP contribution in [-0.4, -0.2) is 36.6 Å². The first-order valence-corrected chi connectivity index (χ1v) is 8.27. The Morgan fingerprint density at radius 1 is 1.17 bits per heavy atom. The fourth-order valence-corrected chi connectivity index (χ4v) is 3.77. The molecule has 3 rings (SSSR count). The standard InChI is InChI=1S/C16H30N2/c1-3-12(2)15-11-18(10-4-9-17-15)16(13-5-6-13)14-7-8-14/h12-17H,3-11H2,1-2H3. The monoisotopic (exact) mass is 250 g/mol. The Labute approximate surface area is 113 Å². The number of rotatable bonds is 5. The van der Waals surface area contributed by atoms with Gasteiger partial charge in [-0.1, -0.05) is 20.3 Å². The third-order valence-electron chi connectivity index (χ3n) is 5.42. The Kier molecular flexibility index (Phi) is 3.95. The van der Waals surface area contributed by atoms with Crippen molar-refractivity contribution >= 4 is 0 Å². The molecule has 0 amide bonds. The average molecular weight is 250 g/mol. The van der Waals surface area contributed by atoms with Gasteiger partial charge in [-0.25, -0.2) is 0 Å². The molecule has 1 heterocycles. The first kappa shape index (κ1) is 12.9. The topological polar surface area (TPSA) is 15.3 Å². The zero-order valence-electron chi connectivity index (χ0n) is 12.2. The zero-order valence-corrected chi connectivity index (χ0v) is 12.2. The minimum Gasteiger partial charge on any atom is -0.312 e. The molecule has 0 aromatic heterocycles. The molecule has 0 aromatic carbocycles. The third kappa shape index (κ3) is 2.91. The van der Waals surface area contributed by atoms with Crippen molar-refractivity contribution in [3.05, 3.63) is 0 Å². The molecule has 0 radical (unpaired) electrons. The summed E-state index contributed by atoms with van der Waals surface area (Å²) in [4.78, 5) is 2.88. The molecule has 1 saturated heterocycles. The first-order valence-electron chi connectivity index (χ1n) is 8.27. The lowest BCUT2D eigenvalue weighted by Gasteiger charge is -2.34. The molecule has 2 aliphatic carbocycles. The van der Waals surface area contributed by atoms with Gasteiger partial charge in [-0.3, -0.25) is 4.90 Å². The van der Waals surface area contributed by atoms with Gasteiger partial charge in [0.2, 0.25) is 0 Å². The summed E-state index contributed by atoms with van der Waals surface area (Å²) >= 11 is 0. The van der Waals surface area contributed by atoms with Crippen molar-refractivity contribution in [1.82, 2.24) is 10.2 Å². The number of nitrogens with one attached hydrogen (secondary N) is 1. The molecule has 1 N–H and O–H groups in total. The minimum atomic E-state index is 0.734. The van der Waals surface area contributed by atoms with E-state index in [1.54, 1.807) is 0 Å². The Balaban J connectivity index is 1.65. The lowest BCUT2D eigenvalue weighted by atomic mass is 9.97. The van der Waals surface area contributed by atoms with Crippen LogP contribution >= 0.6 is 0 Å². The van der Waals surface area contributed by atoms with E-state index in [9.17, 15) is 0 Å². The molecule has 0 spiro atoms. The van der Waals surface area contributed by atoms with Gasteiger partial charge in [0, 0.05) is 18.6 Å². The van der Waals surface area contributed by atoms with Crippen LogP contribution in [-0.2, 0) is 0 Å². The summed E-state index contributed by atoms with van der Waals surface area (Å²) in [5.74, 6) is 2.95. The summed E-state index contributed by atoms with van der Waals surface area (Å²) in [6.07, 6.45) is 8.71. The second kappa shape index (κ2) is 5.50. The number of hydrogen-bond acceptors (Lipinski definition) is 2. The fourth-order valence-electron chi connectivity index (χ4n) is 3.77. The van der Waals surface area contributed by atoms with E-state index in [4.69, 9.17) is 0 Å². The highest BCUT2D eigenvalue weighted by atomic mass is 15.2. The normalized spacial score (nSPS) is 32.5. The Hall–Kier alpha value is -0.0800. The Morgan fingerprint density at radius 2 is 1.83 bits per heavy atom. The van der Waals surface area contributed by atoms with Gasteiger partial charge in [0.15, 0.2) is 0 Å². The maximum Gasteiger partial charge on any atom is 0.0220 e. The Bertz CT molecular complexity index is 258. The molecule has 2 saturated carbocycles. The summed E-state index contributed by atoms with van der Waals surface area (Å²) in [5, 5.41) is 3.79. The summed E-state index contributed by atoms with van der Waals surface area (Å²) in [6.45, 7) is 8.64. The van der Waals surface area contributed by atoms with Gasteiger partial charge in [0.05, 0.1) is 0 Å². The molecule has 2 nitrogen and oxygen atoms in total. The summed E-state index contributed by atoms with van der Waals surface area (Å²) in [5.41, 5.74) is 0. The third-order valence-corrected chi connectivity index (χ3v) is 5.42. The van der Waals surface area contributed by atoms with Crippen LogP contribution in [0.25, 0.3) is 0 Å². The van der Waals surface area contributed by atoms with E-state index < -0.39 is 0 Å². The van der Waals surface area contributed by atoms with Crippen LogP contribution in [0.3, 0.4) is 0 Å². The van der Waals surface area contributed by atoms with Crippen molar-refractivity contribution in [2.45, 2.75) is 64.5 Å². The summed E-state index contributed by atoms with van der Waals surface area (Å²) < 4.78 is 0. The van der Waals surface area contributed by atoms with Crippen LogP contribution < -0.4 is 5.32 Å². The van der Waals surface area contributed by atoms with Crippen LogP contribution in [0.4, 0.5) is 0 Å². The molecule has 2 heteroatoms. The highest BCUT2D eigenvalue weighted by Gasteiger charge is 2.45. The second-order valence-electron chi connectivity index (χ2n) is 6.96. The number of nitrogens with zero attached hydrogens (tertiary/aromatic N) is 1. The zero-order chi connectivity index (χ0) is 12.5. The number of hydrogen-bond donors (Lipinski definition) is 1.